The van der Waals surface area contributed by atoms with E-state index >= 15 is 0 Å². The molecule has 0 spiro atoms. The van der Waals surface area contributed by atoms with Crippen molar-refractivity contribution >= 4 is 0 Å². The molecule has 1 heteroatoms. The lowest BCUT2D eigenvalue weighted by Crippen LogP contribution is -2.41. The highest BCUT2D eigenvalue weighted by atomic mass is 15.0. The zero-order chi connectivity index (χ0) is 12.9. The van der Waals surface area contributed by atoms with Crippen LogP contribution in [0, 0.1) is 5.92 Å². The molecule has 17 heavy (non-hydrogen) atoms. The van der Waals surface area contributed by atoms with E-state index in [-0.39, 0.29) is 5.54 Å². The van der Waals surface area contributed by atoms with Crippen molar-refractivity contribution in [3.8, 4) is 0 Å². The normalized spacial score (nSPS) is 14.0. The predicted octanol–water partition coefficient (Wildman–Crippen LogP) is 4.20. The average molecular weight is 233 g/mol. The van der Waals surface area contributed by atoms with E-state index in [0.29, 0.717) is 11.8 Å². The molecule has 0 aliphatic carbocycles. The molecule has 0 radical (unpaired) electrons. The van der Waals surface area contributed by atoms with Crippen LogP contribution in [0.2, 0.25) is 0 Å². The Morgan fingerprint density at radius 1 is 1.12 bits per heavy atom. The van der Waals surface area contributed by atoms with Gasteiger partial charge in [0, 0.05) is 12.1 Å². The molecular weight excluding hydrogens is 206 g/mol. The molecule has 1 aromatic carbocycles. The summed E-state index contributed by atoms with van der Waals surface area (Å²) in [4.78, 5) is 0. The van der Waals surface area contributed by atoms with Gasteiger partial charge in [-0.15, -0.1) is 0 Å². The number of nitrogens with one attached hydrogen (secondary N) is 1. The standard InChI is InChI=1S/C16H27N/c1-6-16(4,5)17-12-15(13(2)3)14-10-8-7-9-11-14/h7-11,13,15,17H,6,12H2,1-5H3. The minimum absolute atomic E-state index is 0.238. The molecule has 0 saturated heterocycles. The van der Waals surface area contributed by atoms with E-state index in [4.69, 9.17) is 0 Å². The van der Waals surface area contributed by atoms with Gasteiger partial charge in [0.15, 0.2) is 0 Å². The Kier molecular flexibility index (Phi) is 5.20. The van der Waals surface area contributed by atoms with E-state index < -0.39 is 0 Å². The van der Waals surface area contributed by atoms with Gasteiger partial charge in [-0.05, 0) is 37.7 Å². The van der Waals surface area contributed by atoms with Crippen LogP contribution < -0.4 is 5.32 Å². The maximum atomic E-state index is 3.69. The van der Waals surface area contributed by atoms with Gasteiger partial charge in [-0.25, -0.2) is 0 Å². The summed E-state index contributed by atoms with van der Waals surface area (Å²) in [6.45, 7) is 12.4. The van der Waals surface area contributed by atoms with Crippen LogP contribution >= 0.6 is 0 Å². The van der Waals surface area contributed by atoms with Crippen molar-refractivity contribution < 1.29 is 0 Å². The van der Waals surface area contributed by atoms with Crippen LogP contribution in [0.15, 0.2) is 30.3 Å². The summed E-state index contributed by atoms with van der Waals surface area (Å²) in [6.07, 6.45) is 1.16. The molecule has 0 heterocycles. The topological polar surface area (TPSA) is 12.0 Å². The summed E-state index contributed by atoms with van der Waals surface area (Å²) >= 11 is 0. The van der Waals surface area contributed by atoms with Gasteiger partial charge in [0.05, 0.1) is 0 Å². The Morgan fingerprint density at radius 2 is 1.71 bits per heavy atom. The Bertz CT molecular complexity index is 314. The lowest BCUT2D eigenvalue weighted by molar-refractivity contribution is 0.340. The highest BCUT2D eigenvalue weighted by Crippen LogP contribution is 2.24. The molecule has 0 bridgehead atoms. The van der Waals surface area contributed by atoms with Crippen LogP contribution in [-0.2, 0) is 0 Å². The zero-order valence-corrected chi connectivity index (χ0v) is 12.0. The van der Waals surface area contributed by atoms with Crippen LogP contribution in [0.25, 0.3) is 0 Å². The van der Waals surface area contributed by atoms with Crippen molar-refractivity contribution in [1.29, 1.82) is 0 Å². The van der Waals surface area contributed by atoms with Gasteiger partial charge in [-0.1, -0.05) is 51.1 Å². The third-order valence-electron chi connectivity index (χ3n) is 3.72. The minimum atomic E-state index is 0.238. The fraction of sp³-hybridized carbons (Fsp3) is 0.625. The second kappa shape index (κ2) is 6.20. The third kappa shape index (κ3) is 4.51. The molecule has 0 aliphatic heterocycles. The Balaban J connectivity index is 2.69. The molecule has 1 rings (SSSR count). The second-order valence-corrected chi connectivity index (χ2v) is 5.88. The van der Waals surface area contributed by atoms with Crippen molar-refractivity contribution in [2.75, 3.05) is 6.54 Å². The van der Waals surface area contributed by atoms with Crippen LogP contribution in [-0.4, -0.2) is 12.1 Å². The van der Waals surface area contributed by atoms with Crippen molar-refractivity contribution in [1.82, 2.24) is 5.32 Å². The number of hydrogen-bond acceptors (Lipinski definition) is 1. The van der Waals surface area contributed by atoms with Crippen LogP contribution in [0.1, 0.15) is 52.5 Å². The van der Waals surface area contributed by atoms with Crippen molar-refractivity contribution in [2.24, 2.45) is 5.92 Å². The van der Waals surface area contributed by atoms with Gasteiger partial charge in [0.1, 0.15) is 0 Å². The third-order valence-corrected chi connectivity index (χ3v) is 3.72. The second-order valence-electron chi connectivity index (χ2n) is 5.88. The van der Waals surface area contributed by atoms with Gasteiger partial charge < -0.3 is 5.32 Å². The first-order valence-electron chi connectivity index (χ1n) is 6.76. The molecule has 0 amide bonds. The maximum Gasteiger partial charge on any atom is 0.0122 e. The van der Waals surface area contributed by atoms with E-state index in [0.717, 1.165) is 13.0 Å². The van der Waals surface area contributed by atoms with Crippen LogP contribution in [0.5, 0.6) is 0 Å². The lowest BCUT2D eigenvalue weighted by Gasteiger charge is -2.30. The minimum Gasteiger partial charge on any atom is -0.311 e. The van der Waals surface area contributed by atoms with Gasteiger partial charge in [-0.3, -0.25) is 0 Å². The summed E-state index contributed by atoms with van der Waals surface area (Å²) in [5.41, 5.74) is 1.68. The first-order valence-corrected chi connectivity index (χ1v) is 6.76. The van der Waals surface area contributed by atoms with E-state index in [1.54, 1.807) is 0 Å². The van der Waals surface area contributed by atoms with E-state index in [2.05, 4.69) is 70.3 Å². The molecule has 1 aromatic rings. The quantitative estimate of drug-likeness (QED) is 0.776. The number of benzene rings is 1. The molecule has 0 aliphatic rings. The largest absolute Gasteiger partial charge is 0.311 e. The predicted molar refractivity (Wildman–Crippen MR) is 76.4 cm³/mol. The molecule has 0 aromatic heterocycles. The molecular formula is C16H27N. The molecule has 0 fully saturated rings. The van der Waals surface area contributed by atoms with E-state index in [1.807, 2.05) is 0 Å². The van der Waals surface area contributed by atoms with Gasteiger partial charge in [-0.2, -0.15) is 0 Å². The van der Waals surface area contributed by atoms with E-state index in [9.17, 15) is 0 Å². The lowest BCUT2D eigenvalue weighted by atomic mass is 9.87. The Labute approximate surface area is 107 Å². The summed E-state index contributed by atoms with van der Waals surface area (Å²) in [6, 6.07) is 10.8. The van der Waals surface area contributed by atoms with E-state index in [1.165, 1.54) is 5.56 Å². The highest BCUT2D eigenvalue weighted by Gasteiger charge is 2.20. The molecule has 1 nitrogen and oxygen atoms in total. The van der Waals surface area contributed by atoms with Gasteiger partial charge in [0.25, 0.3) is 0 Å². The monoisotopic (exact) mass is 233 g/mol. The molecule has 1 atom stereocenters. The fourth-order valence-corrected chi connectivity index (χ4v) is 1.95. The number of rotatable bonds is 6. The maximum absolute atomic E-state index is 3.69. The van der Waals surface area contributed by atoms with Crippen molar-refractivity contribution in [3.63, 3.8) is 0 Å². The zero-order valence-electron chi connectivity index (χ0n) is 12.0. The summed E-state index contributed by atoms with van der Waals surface area (Å²) in [7, 11) is 0. The van der Waals surface area contributed by atoms with Crippen LogP contribution in [0.3, 0.4) is 0 Å². The number of hydrogen-bond donors (Lipinski definition) is 1. The SMILES string of the molecule is CCC(C)(C)NCC(c1ccccc1)C(C)C. The molecule has 0 saturated carbocycles. The first-order chi connectivity index (χ1) is 7.96. The fourth-order valence-electron chi connectivity index (χ4n) is 1.95. The first kappa shape index (κ1) is 14.2. The Morgan fingerprint density at radius 3 is 2.18 bits per heavy atom. The molecule has 1 N–H and O–H groups in total. The van der Waals surface area contributed by atoms with Crippen molar-refractivity contribution in [2.45, 2.75) is 52.5 Å². The highest BCUT2D eigenvalue weighted by molar-refractivity contribution is 5.20. The molecule has 96 valence electrons. The van der Waals surface area contributed by atoms with Crippen LogP contribution in [0.4, 0.5) is 0 Å². The average Bonchev–Trinajstić information content (AvgIpc) is 2.30. The van der Waals surface area contributed by atoms with Crippen molar-refractivity contribution in [3.05, 3.63) is 35.9 Å². The van der Waals surface area contributed by atoms with Gasteiger partial charge >= 0.3 is 0 Å². The summed E-state index contributed by atoms with van der Waals surface area (Å²) < 4.78 is 0. The van der Waals surface area contributed by atoms with Gasteiger partial charge in [0.2, 0.25) is 0 Å². The summed E-state index contributed by atoms with van der Waals surface area (Å²) in [5.74, 6) is 1.26. The smallest absolute Gasteiger partial charge is 0.0122 e. The molecule has 1 unspecified atom stereocenters. The Hall–Kier alpha value is -0.820. The summed E-state index contributed by atoms with van der Waals surface area (Å²) in [5, 5.41) is 3.69.